The zero-order valence-electron chi connectivity index (χ0n) is 7.79. The molecule has 0 spiro atoms. The monoisotopic (exact) mass is 319 g/mol. The third kappa shape index (κ3) is 2.57. The lowest BCUT2D eigenvalue weighted by molar-refractivity contribution is 0.601. The molecule has 1 aromatic heterocycles. The zero-order chi connectivity index (χ0) is 11.6. The fourth-order valence-electron chi connectivity index (χ4n) is 1.02. The van der Waals surface area contributed by atoms with Gasteiger partial charge in [-0.3, -0.25) is 4.72 Å². The number of nitrogens with one attached hydrogen (secondary N) is 1. The van der Waals surface area contributed by atoms with Crippen LogP contribution in [0.25, 0.3) is 0 Å². The molecule has 16 heavy (non-hydrogen) atoms. The standard InChI is InChI=1S/C8H6BrN3O2S2/c9-7-10-11-8(15-7)12-16(13,14)6-4-2-1-3-5-6/h1-5H,(H,11,12). The van der Waals surface area contributed by atoms with Gasteiger partial charge in [0.25, 0.3) is 10.0 Å². The first-order chi connectivity index (χ1) is 7.58. The fraction of sp³-hybridized carbons (Fsp3) is 0. The summed E-state index contributed by atoms with van der Waals surface area (Å²) in [6.45, 7) is 0. The van der Waals surface area contributed by atoms with E-state index in [1.54, 1.807) is 18.2 Å². The van der Waals surface area contributed by atoms with E-state index >= 15 is 0 Å². The molecule has 1 aromatic carbocycles. The summed E-state index contributed by atoms with van der Waals surface area (Å²) >= 11 is 4.22. The number of benzene rings is 1. The third-order valence-corrected chi connectivity index (χ3v) is 4.43. The van der Waals surface area contributed by atoms with E-state index in [0.717, 1.165) is 11.3 Å². The van der Waals surface area contributed by atoms with Crippen LogP contribution in [0.2, 0.25) is 0 Å². The summed E-state index contributed by atoms with van der Waals surface area (Å²) in [5.74, 6) is 0. The van der Waals surface area contributed by atoms with E-state index < -0.39 is 10.0 Å². The normalized spacial score (nSPS) is 11.3. The Labute approximate surface area is 105 Å². The summed E-state index contributed by atoms with van der Waals surface area (Å²) in [7, 11) is -3.56. The molecular weight excluding hydrogens is 314 g/mol. The Kier molecular flexibility index (Phi) is 3.22. The Morgan fingerprint density at radius 2 is 1.88 bits per heavy atom. The van der Waals surface area contributed by atoms with Crippen molar-refractivity contribution in [2.24, 2.45) is 0 Å². The van der Waals surface area contributed by atoms with E-state index in [2.05, 4.69) is 30.8 Å². The minimum absolute atomic E-state index is 0.196. The SMILES string of the molecule is O=S(=O)(Nc1nnc(Br)s1)c1ccccc1. The van der Waals surface area contributed by atoms with Crippen LogP contribution in [0.3, 0.4) is 0 Å². The highest BCUT2D eigenvalue weighted by molar-refractivity contribution is 9.11. The number of hydrogen-bond acceptors (Lipinski definition) is 5. The lowest BCUT2D eigenvalue weighted by Crippen LogP contribution is -2.12. The second-order valence-electron chi connectivity index (χ2n) is 2.78. The average Bonchev–Trinajstić information content (AvgIpc) is 2.64. The highest BCUT2D eigenvalue weighted by atomic mass is 79.9. The molecule has 2 rings (SSSR count). The predicted octanol–water partition coefficient (Wildman–Crippen LogP) is 2.10. The number of sulfonamides is 1. The molecule has 0 aliphatic rings. The number of hydrogen-bond donors (Lipinski definition) is 1. The maximum atomic E-state index is 11.8. The molecule has 0 aliphatic carbocycles. The van der Waals surface area contributed by atoms with Crippen LogP contribution in [0, 0.1) is 0 Å². The van der Waals surface area contributed by atoms with Crippen LogP contribution in [0.4, 0.5) is 5.13 Å². The molecule has 0 fully saturated rings. The lowest BCUT2D eigenvalue weighted by Gasteiger charge is -2.03. The maximum Gasteiger partial charge on any atom is 0.263 e. The van der Waals surface area contributed by atoms with Crippen molar-refractivity contribution in [2.45, 2.75) is 4.90 Å². The molecule has 0 amide bonds. The van der Waals surface area contributed by atoms with Crippen LogP contribution in [0.15, 0.2) is 39.1 Å². The molecule has 84 valence electrons. The van der Waals surface area contributed by atoms with Gasteiger partial charge >= 0.3 is 0 Å². The van der Waals surface area contributed by atoms with Gasteiger partial charge < -0.3 is 0 Å². The number of aromatic nitrogens is 2. The molecule has 0 radical (unpaired) electrons. The second kappa shape index (κ2) is 4.48. The molecule has 8 heteroatoms. The van der Waals surface area contributed by atoms with E-state index in [1.165, 1.54) is 12.1 Å². The summed E-state index contributed by atoms with van der Waals surface area (Å²) in [4.78, 5) is 0.196. The predicted molar refractivity (Wildman–Crippen MR) is 64.9 cm³/mol. The van der Waals surface area contributed by atoms with Crippen LogP contribution in [-0.4, -0.2) is 18.6 Å². The highest BCUT2D eigenvalue weighted by Gasteiger charge is 2.15. The molecule has 0 unspecified atom stereocenters. The smallest absolute Gasteiger partial charge is 0.253 e. The van der Waals surface area contributed by atoms with Crippen LogP contribution < -0.4 is 4.72 Å². The maximum absolute atomic E-state index is 11.8. The van der Waals surface area contributed by atoms with Crippen LogP contribution in [0.1, 0.15) is 0 Å². The molecule has 0 saturated heterocycles. The van der Waals surface area contributed by atoms with Crippen LogP contribution in [-0.2, 0) is 10.0 Å². The van der Waals surface area contributed by atoms with Crippen molar-refractivity contribution in [3.05, 3.63) is 34.2 Å². The van der Waals surface area contributed by atoms with Gasteiger partial charge in [0.2, 0.25) is 5.13 Å². The van der Waals surface area contributed by atoms with Crippen molar-refractivity contribution >= 4 is 42.4 Å². The van der Waals surface area contributed by atoms with Gasteiger partial charge in [0, 0.05) is 0 Å². The molecule has 0 atom stereocenters. The van der Waals surface area contributed by atoms with E-state index in [4.69, 9.17) is 0 Å². The van der Waals surface area contributed by atoms with Gasteiger partial charge in [-0.25, -0.2) is 8.42 Å². The van der Waals surface area contributed by atoms with Gasteiger partial charge in [0.1, 0.15) is 0 Å². The molecular formula is C8H6BrN3O2S2. The van der Waals surface area contributed by atoms with Gasteiger partial charge in [-0.15, -0.1) is 10.2 Å². The Morgan fingerprint density at radius 3 is 2.44 bits per heavy atom. The largest absolute Gasteiger partial charge is 0.263 e. The van der Waals surface area contributed by atoms with Crippen LogP contribution in [0.5, 0.6) is 0 Å². The Bertz CT molecular complexity index is 582. The summed E-state index contributed by atoms with van der Waals surface area (Å²) in [6.07, 6.45) is 0. The van der Waals surface area contributed by atoms with E-state index in [1.807, 2.05) is 0 Å². The fourth-order valence-corrected chi connectivity index (χ4v) is 3.28. The van der Waals surface area contributed by atoms with E-state index in [-0.39, 0.29) is 10.0 Å². The van der Waals surface area contributed by atoms with Crippen molar-refractivity contribution in [1.82, 2.24) is 10.2 Å². The molecule has 2 aromatic rings. The minimum atomic E-state index is -3.56. The third-order valence-electron chi connectivity index (χ3n) is 1.68. The van der Waals surface area contributed by atoms with Crippen molar-refractivity contribution in [1.29, 1.82) is 0 Å². The van der Waals surface area contributed by atoms with E-state index in [0.29, 0.717) is 3.92 Å². The van der Waals surface area contributed by atoms with Gasteiger partial charge in [-0.1, -0.05) is 29.5 Å². The van der Waals surface area contributed by atoms with Crippen molar-refractivity contribution in [3.8, 4) is 0 Å². The Balaban J connectivity index is 2.28. The molecule has 1 N–H and O–H groups in total. The topological polar surface area (TPSA) is 72.0 Å². The summed E-state index contributed by atoms with van der Waals surface area (Å²) in [5, 5.41) is 7.54. The Hall–Kier alpha value is -0.990. The average molecular weight is 320 g/mol. The molecule has 1 heterocycles. The molecule has 0 bridgehead atoms. The quantitative estimate of drug-likeness (QED) is 0.940. The number of rotatable bonds is 3. The number of halogens is 1. The highest BCUT2D eigenvalue weighted by Crippen LogP contribution is 2.22. The second-order valence-corrected chi connectivity index (χ2v) is 6.71. The van der Waals surface area contributed by atoms with Gasteiger partial charge in [-0.05, 0) is 28.1 Å². The van der Waals surface area contributed by atoms with E-state index in [9.17, 15) is 8.42 Å². The molecule has 5 nitrogen and oxygen atoms in total. The van der Waals surface area contributed by atoms with Gasteiger partial charge in [-0.2, -0.15) is 0 Å². The first-order valence-electron chi connectivity index (χ1n) is 4.15. The summed E-state index contributed by atoms with van der Waals surface area (Å²) < 4.78 is 26.5. The summed E-state index contributed by atoms with van der Waals surface area (Å²) in [5.41, 5.74) is 0. The first kappa shape index (κ1) is 11.5. The van der Waals surface area contributed by atoms with Crippen LogP contribution >= 0.6 is 27.3 Å². The number of anilines is 1. The summed E-state index contributed by atoms with van der Waals surface area (Å²) in [6, 6.07) is 8.09. The van der Waals surface area contributed by atoms with Gasteiger partial charge in [0.15, 0.2) is 3.92 Å². The lowest BCUT2D eigenvalue weighted by atomic mass is 10.4. The Morgan fingerprint density at radius 1 is 1.19 bits per heavy atom. The van der Waals surface area contributed by atoms with Crippen molar-refractivity contribution in [3.63, 3.8) is 0 Å². The van der Waals surface area contributed by atoms with Crippen molar-refractivity contribution in [2.75, 3.05) is 4.72 Å². The number of nitrogens with zero attached hydrogens (tertiary/aromatic N) is 2. The van der Waals surface area contributed by atoms with Crippen molar-refractivity contribution < 1.29 is 8.42 Å². The zero-order valence-corrected chi connectivity index (χ0v) is 11.0. The first-order valence-corrected chi connectivity index (χ1v) is 7.24. The molecule has 0 saturated carbocycles. The molecule has 0 aliphatic heterocycles. The van der Waals surface area contributed by atoms with Gasteiger partial charge in [0.05, 0.1) is 4.90 Å². The minimum Gasteiger partial charge on any atom is -0.253 e.